The fourth-order valence-electron chi connectivity index (χ4n) is 4.22. The van der Waals surface area contributed by atoms with E-state index in [1.165, 1.54) is 5.32 Å². The predicted octanol–water partition coefficient (Wildman–Crippen LogP) is 11.3. The zero-order valence-electron chi connectivity index (χ0n) is 27.2. The summed E-state index contributed by atoms with van der Waals surface area (Å²) in [5.74, 6) is -123. The molecule has 1 atom stereocenters. The molecule has 0 fully saturated rings. The first-order chi connectivity index (χ1) is 25.5. The molecular weight excluding hydrogens is 923 g/mol. The van der Waals surface area contributed by atoms with Crippen LogP contribution < -0.4 is 5.32 Å². The van der Waals surface area contributed by atoms with Crippen LogP contribution in [0.15, 0.2) is 23.2 Å². The van der Waals surface area contributed by atoms with Crippen LogP contribution >= 0.6 is 0 Å². The van der Waals surface area contributed by atoms with E-state index < -0.39 is 107 Å². The minimum atomic E-state index is -9.99. The van der Waals surface area contributed by atoms with Crippen LogP contribution in [-0.4, -0.2) is 101 Å². The van der Waals surface area contributed by atoms with Gasteiger partial charge in [0.2, 0.25) is 6.08 Å². The number of hydrogen-bond donors (Lipinski definition) is 1. The van der Waals surface area contributed by atoms with Gasteiger partial charge in [-0.15, -0.1) is 0 Å². The number of carbonyl (C=O) groups excluding carboxylic acids is 2. The van der Waals surface area contributed by atoms with Crippen molar-refractivity contribution >= 4 is 17.7 Å². The molecule has 1 aromatic carbocycles. The summed E-state index contributed by atoms with van der Waals surface area (Å²) in [6.45, 7) is 1.19. The summed E-state index contributed by atoms with van der Waals surface area (Å²) in [6, 6.07) is -0.554. The molecule has 1 unspecified atom stereocenters. The molecule has 0 saturated heterocycles. The standard InChI is InChI=1S/C26H13F29N2O2/c1-8-5-10(3-4-11(8)56-7-58)12(59)57-9(2)6-13(27,28)14(29,30)15(31,32)16(33,34)17(35,36)18(37,38)19(39,40)20(41,42)21(43,44)22(45,46)23(47,48)24(49,50)25(51,52)26(53,54)55/h3-5,9H,6H2,1-2H3,(H,57,59). The fraction of sp³-hybridized carbons (Fsp3) is 0.692. The fourth-order valence-corrected chi connectivity index (χ4v) is 4.22. The van der Waals surface area contributed by atoms with Gasteiger partial charge >= 0.3 is 83.2 Å². The average molecular weight is 936 g/mol. The Morgan fingerprint density at radius 3 is 1.08 bits per heavy atom. The van der Waals surface area contributed by atoms with Gasteiger partial charge in [0.1, 0.15) is 0 Å². The van der Waals surface area contributed by atoms with Gasteiger partial charge in [0.05, 0.1) is 5.69 Å². The third-order valence-corrected chi connectivity index (χ3v) is 7.72. The molecular formula is C26H13F29N2O2. The van der Waals surface area contributed by atoms with Crippen molar-refractivity contribution in [3.05, 3.63) is 29.3 Å². The van der Waals surface area contributed by atoms with E-state index in [1.54, 1.807) is 0 Å². The Morgan fingerprint density at radius 2 is 0.814 bits per heavy atom. The first-order valence-corrected chi connectivity index (χ1v) is 14.0. The SMILES string of the molecule is Cc1cc(C(=O)NC(C)CC(F)(F)C(F)(F)C(F)(F)C(F)(F)C(F)(F)C(F)(F)C(F)(F)C(F)(F)C(F)(F)C(F)(F)C(F)(F)C(F)(F)C(F)(F)C(F)(F)F)ccc1N=C=O. The molecule has 1 amide bonds. The van der Waals surface area contributed by atoms with E-state index in [-0.39, 0.29) is 18.2 Å². The van der Waals surface area contributed by atoms with Crippen LogP contribution in [0.4, 0.5) is 133 Å². The van der Waals surface area contributed by atoms with Crippen LogP contribution in [0.1, 0.15) is 29.3 Å². The first-order valence-electron chi connectivity index (χ1n) is 14.0. The van der Waals surface area contributed by atoms with Crippen LogP contribution in [-0.2, 0) is 4.79 Å². The normalized spacial score (nSPS) is 16.1. The third kappa shape index (κ3) is 7.25. The maximum Gasteiger partial charge on any atom is 0.460 e. The highest BCUT2D eigenvalue weighted by atomic mass is 19.4. The van der Waals surface area contributed by atoms with Crippen LogP contribution in [0, 0.1) is 6.92 Å². The molecule has 0 spiro atoms. The lowest BCUT2D eigenvalue weighted by atomic mass is 9.83. The van der Waals surface area contributed by atoms with Crippen LogP contribution in [0.5, 0.6) is 0 Å². The summed E-state index contributed by atoms with van der Waals surface area (Å²) in [7, 11) is 0. The van der Waals surface area contributed by atoms with E-state index in [0.717, 1.165) is 25.1 Å². The van der Waals surface area contributed by atoms with Crippen molar-refractivity contribution in [2.24, 2.45) is 4.99 Å². The van der Waals surface area contributed by atoms with Crippen LogP contribution in [0.2, 0.25) is 0 Å². The molecule has 0 bridgehead atoms. The number of aryl methyl sites for hydroxylation is 1. The number of carbonyl (C=O) groups is 1. The average Bonchev–Trinajstić information content (AvgIpc) is 3.03. The Hall–Kier alpha value is -3.96. The summed E-state index contributed by atoms with van der Waals surface area (Å²) in [4.78, 5) is 25.6. The molecule has 0 aliphatic carbocycles. The number of benzene rings is 1. The molecule has 59 heavy (non-hydrogen) atoms. The molecule has 0 heterocycles. The van der Waals surface area contributed by atoms with E-state index in [4.69, 9.17) is 0 Å². The highest BCUT2D eigenvalue weighted by Crippen LogP contribution is 2.69. The largest absolute Gasteiger partial charge is 0.460 e. The molecule has 33 heteroatoms. The van der Waals surface area contributed by atoms with Gasteiger partial charge in [-0.2, -0.15) is 132 Å². The maximum absolute atomic E-state index is 14.4. The number of halogens is 29. The monoisotopic (exact) mass is 936 g/mol. The molecule has 0 aliphatic rings. The number of rotatable bonds is 17. The van der Waals surface area contributed by atoms with Crippen molar-refractivity contribution in [3.63, 3.8) is 0 Å². The van der Waals surface area contributed by atoms with Crippen molar-refractivity contribution in [3.8, 4) is 0 Å². The second-order valence-electron chi connectivity index (χ2n) is 11.9. The van der Waals surface area contributed by atoms with Crippen molar-refractivity contribution in [2.45, 2.75) is 109 Å². The predicted molar refractivity (Wildman–Crippen MR) is 131 cm³/mol. The minimum absolute atomic E-state index is 0.0983. The molecule has 4 nitrogen and oxygen atoms in total. The zero-order chi connectivity index (χ0) is 47.8. The number of nitrogens with zero attached hydrogens (tertiary/aromatic N) is 1. The Kier molecular flexibility index (Phi) is 13.1. The molecule has 0 saturated carbocycles. The lowest BCUT2D eigenvalue weighted by Crippen LogP contribution is -2.79. The van der Waals surface area contributed by atoms with E-state index in [2.05, 4.69) is 4.99 Å². The molecule has 1 aromatic rings. The number of hydrogen-bond acceptors (Lipinski definition) is 3. The van der Waals surface area contributed by atoms with Crippen LogP contribution in [0.25, 0.3) is 0 Å². The van der Waals surface area contributed by atoms with Gasteiger partial charge in [-0.05, 0) is 37.6 Å². The molecule has 0 aliphatic heterocycles. The summed E-state index contributed by atoms with van der Waals surface area (Å²) in [6.07, 6.45) is -10.5. The van der Waals surface area contributed by atoms with Gasteiger partial charge < -0.3 is 5.32 Å². The van der Waals surface area contributed by atoms with E-state index >= 15 is 0 Å². The Balaban J connectivity index is 3.77. The summed E-state index contributed by atoms with van der Waals surface area (Å²) in [5.41, 5.74) is -1.05. The van der Waals surface area contributed by atoms with Gasteiger partial charge in [0.15, 0.2) is 0 Å². The second kappa shape index (κ2) is 14.6. The number of aliphatic imine (C=N–C) groups is 1. The smallest absolute Gasteiger partial charge is 0.349 e. The first kappa shape index (κ1) is 53.1. The maximum atomic E-state index is 14.4. The topological polar surface area (TPSA) is 58.5 Å². The Labute approximate surface area is 304 Å². The van der Waals surface area contributed by atoms with E-state index in [0.29, 0.717) is 6.07 Å². The van der Waals surface area contributed by atoms with Gasteiger partial charge in [-0.3, -0.25) is 4.79 Å². The van der Waals surface area contributed by atoms with Crippen molar-refractivity contribution in [2.75, 3.05) is 0 Å². The minimum Gasteiger partial charge on any atom is -0.349 e. The highest BCUT2D eigenvalue weighted by Gasteiger charge is 3.00. The number of nitrogens with one attached hydrogen (secondary N) is 1. The highest BCUT2D eigenvalue weighted by molar-refractivity contribution is 5.95. The lowest BCUT2D eigenvalue weighted by molar-refractivity contribution is -0.487. The van der Waals surface area contributed by atoms with Crippen molar-refractivity contribution < 1.29 is 137 Å². The quantitative estimate of drug-likeness (QED) is 0.0961. The molecule has 342 valence electrons. The molecule has 1 N–H and O–H groups in total. The molecule has 0 radical (unpaired) electrons. The number of alkyl halides is 29. The zero-order valence-corrected chi connectivity index (χ0v) is 27.2. The number of isocyanates is 1. The van der Waals surface area contributed by atoms with Gasteiger partial charge in [-0.25, -0.2) is 4.79 Å². The Bertz CT molecular complexity index is 1770. The number of amides is 1. The van der Waals surface area contributed by atoms with Gasteiger partial charge in [-0.1, -0.05) is 0 Å². The Morgan fingerprint density at radius 1 is 0.525 bits per heavy atom. The lowest BCUT2D eigenvalue weighted by Gasteiger charge is -2.46. The van der Waals surface area contributed by atoms with Crippen molar-refractivity contribution in [1.29, 1.82) is 0 Å². The van der Waals surface area contributed by atoms with Gasteiger partial charge in [0.25, 0.3) is 5.91 Å². The second-order valence-corrected chi connectivity index (χ2v) is 11.9. The molecule has 0 aromatic heterocycles. The van der Waals surface area contributed by atoms with Crippen molar-refractivity contribution in [1.82, 2.24) is 5.32 Å². The van der Waals surface area contributed by atoms with E-state index in [9.17, 15) is 137 Å². The van der Waals surface area contributed by atoms with E-state index in [1.807, 2.05) is 0 Å². The summed E-state index contributed by atoms with van der Waals surface area (Å²) >= 11 is 0. The molecule has 1 rings (SSSR count). The van der Waals surface area contributed by atoms with Gasteiger partial charge in [0, 0.05) is 18.0 Å². The third-order valence-electron chi connectivity index (χ3n) is 7.72. The summed E-state index contributed by atoms with van der Waals surface area (Å²) in [5, 5.41) is 1.27. The van der Waals surface area contributed by atoms with Crippen LogP contribution in [0.3, 0.4) is 0 Å². The summed E-state index contributed by atoms with van der Waals surface area (Å²) < 4.78 is 398.